The summed E-state index contributed by atoms with van der Waals surface area (Å²) in [6.07, 6.45) is -0.610. The molecule has 4 N–H and O–H groups in total. The third-order valence-electron chi connectivity index (χ3n) is 5.19. The van der Waals surface area contributed by atoms with Gasteiger partial charge in [0.15, 0.2) is 0 Å². The summed E-state index contributed by atoms with van der Waals surface area (Å²) in [6.45, 7) is 6.38. The number of hydrogen-bond donors (Lipinski definition) is 4. The normalized spacial score (nSPS) is 11.1. The minimum absolute atomic E-state index is 0.00580. The van der Waals surface area contributed by atoms with Crippen LogP contribution in [-0.4, -0.2) is 29.2 Å². The van der Waals surface area contributed by atoms with Crippen molar-refractivity contribution in [3.8, 4) is 11.5 Å². The Hall–Kier alpha value is -4.53. The Labute approximate surface area is 202 Å². The number of rotatable bonds is 5. The molecule has 0 atom stereocenters. The van der Waals surface area contributed by atoms with Crippen molar-refractivity contribution in [1.29, 1.82) is 0 Å². The first-order valence-electron chi connectivity index (χ1n) is 11.0. The minimum atomic E-state index is -0.610. The van der Waals surface area contributed by atoms with Crippen LogP contribution in [0.1, 0.15) is 26.3 Å². The zero-order valence-corrected chi connectivity index (χ0v) is 19.9. The number of methoxy groups -OCH3 is 1. The zero-order chi connectivity index (χ0) is 25.0. The fourth-order valence-corrected chi connectivity index (χ4v) is 3.36. The van der Waals surface area contributed by atoms with Crippen LogP contribution in [0.5, 0.6) is 11.5 Å². The first kappa shape index (κ1) is 23.6. The number of carbonyl (C=O) groups excluding carboxylic acids is 2. The highest BCUT2D eigenvalue weighted by molar-refractivity contribution is 5.99. The lowest BCUT2D eigenvalue weighted by molar-refractivity contribution is 0.186. The Morgan fingerprint density at radius 1 is 0.857 bits per heavy atom. The van der Waals surface area contributed by atoms with Crippen LogP contribution in [0.3, 0.4) is 0 Å². The van der Waals surface area contributed by atoms with Gasteiger partial charge >= 0.3 is 12.1 Å². The number of hydrogen-bond acceptors (Lipinski definition) is 5. The molecule has 0 radical (unpaired) electrons. The van der Waals surface area contributed by atoms with Crippen LogP contribution in [-0.2, 0) is 10.2 Å². The fourth-order valence-electron chi connectivity index (χ4n) is 3.36. The van der Waals surface area contributed by atoms with Gasteiger partial charge in [0.2, 0.25) is 5.95 Å². The molecule has 1 heterocycles. The fraction of sp³-hybridized carbons (Fsp3) is 0.192. The summed E-state index contributed by atoms with van der Waals surface area (Å²) < 4.78 is 10.5. The van der Waals surface area contributed by atoms with Gasteiger partial charge in [0.05, 0.1) is 18.1 Å². The summed E-state index contributed by atoms with van der Waals surface area (Å²) >= 11 is 0. The van der Waals surface area contributed by atoms with Crippen LogP contribution in [0.4, 0.5) is 26.9 Å². The molecular formula is C26H27N5O4. The molecule has 35 heavy (non-hydrogen) atoms. The van der Waals surface area contributed by atoms with E-state index < -0.39 is 6.09 Å². The van der Waals surface area contributed by atoms with E-state index in [2.05, 4.69) is 51.4 Å². The molecule has 0 spiro atoms. The number of nitrogens with one attached hydrogen (secondary N) is 4. The summed E-state index contributed by atoms with van der Waals surface area (Å²) in [5.41, 5.74) is 3.86. The SMILES string of the molecule is COC(=O)Nc1nc2ccc(Oc3ccc(NC(=O)Nc4cccc(C(C)(C)C)c4)cc3)cc2[nH]1. The smallest absolute Gasteiger partial charge is 0.413 e. The largest absolute Gasteiger partial charge is 0.457 e. The van der Waals surface area contributed by atoms with E-state index in [0.29, 0.717) is 28.2 Å². The van der Waals surface area contributed by atoms with Gasteiger partial charge in [0.1, 0.15) is 11.5 Å². The molecule has 0 aliphatic rings. The number of carbonyl (C=O) groups is 2. The average molecular weight is 474 g/mol. The third-order valence-corrected chi connectivity index (χ3v) is 5.19. The molecule has 1 aromatic heterocycles. The topological polar surface area (TPSA) is 117 Å². The van der Waals surface area contributed by atoms with Gasteiger partial charge in [-0.1, -0.05) is 32.9 Å². The van der Waals surface area contributed by atoms with Crippen molar-refractivity contribution in [2.45, 2.75) is 26.2 Å². The Balaban J connectivity index is 1.37. The molecule has 3 aromatic carbocycles. The van der Waals surface area contributed by atoms with Crippen molar-refractivity contribution in [3.63, 3.8) is 0 Å². The van der Waals surface area contributed by atoms with E-state index in [1.165, 1.54) is 7.11 Å². The van der Waals surface area contributed by atoms with E-state index in [1.807, 2.05) is 24.3 Å². The highest BCUT2D eigenvalue weighted by atomic mass is 16.5. The highest BCUT2D eigenvalue weighted by Gasteiger charge is 2.14. The molecule has 9 heteroatoms. The molecule has 0 saturated heterocycles. The Bertz CT molecular complexity index is 1360. The van der Waals surface area contributed by atoms with Gasteiger partial charge in [0.25, 0.3) is 0 Å². The van der Waals surface area contributed by atoms with E-state index in [9.17, 15) is 9.59 Å². The van der Waals surface area contributed by atoms with Crippen LogP contribution in [0.25, 0.3) is 11.0 Å². The molecule has 0 aliphatic heterocycles. The second kappa shape index (κ2) is 9.76. The van der Waals surface area contributed by atoms with Crippen molar-refractivity contribution in [3.05, 3.63) is 72.3 Å². The monoisotopic (exact) mass is 473 g/mol. The van der Waals surface area contributed by atoms with Gasteiger partial charge < -0.3 is 25.1 Å². The lowest BCUT2D eigenvalue weighted by Crippen LogP contribution is -2.20. The van der Waals surface area contributed by atoms with Gasteiger partial charge in [-0.2, -0.15) is 0 Å². The second-order valence-electron chi connectivity index (χ2n) is 8.92. The maximum Gasteiger partial charge on any atom is 0.413 e. The van der Waals surface area contributed by atoms with E-state index in [1.54, 1.807) is 42.5 Å². The number of fused-ring (bicyclic) bond motifs is 1. The van der Waals surface area contributed by atoms with E-state index in [-0.39, 0.29) is 17.4 Å². The summed E-state index contributed by atoms with van der Waals surface area (Å²) in [5, 5.41) is 8.18. The average Bonchev–Trinajstić information content (AvgIpc) is 3.21. The van der Waals surface area contributed by atoms with Crippen LogP contribution < -0.4 is 20.7 Å². The number of imidazole rings is 1. The molecule has 9 nitrogen and oxygen atoms in total. The van der Waals surface area contributed by atoms with Crippen LogP contribution in [0, 0.1) is 0 Å². The molecule has 0 aliphatic carbocycles. The summed E-state index contributed by atoms with van der Waals surface area (Å²) in [4.78, 5) is 31.0. The molecule has 0 unspecified atom stereocenters. The molecule has 3 amide bonds. The molecule has 0 fully saturated rings. The van der Waals surface area contributed by atoms with E-state index in [0.717, 1.165) is 11.3 Å². The number of nitrogens with zero attached hydrogens (tertiary/aromatic N) is 1. The van der Waals surface area contributed by atoms with Crippen molar-refractivity contribution >= 4 is 40.5 Å². The second-order valence-corrected chi connectivity index (χ2v) is 8.92. The van der Waals surface area contributed by atoms with Crippen molar-refractivity contribution in [2.75, 3.05) is 23.1 Å². The number of urea groups is 1. The van der Waals surface area contributed by atoms with Crippen molar-refractivity contribution in [1.82, 2.24) is 9.97 Å². The quantitative estimate of drug-likeness (QED) is 0.265. The van der Waals surface area contributed by atoms with Crippen molar-refractivity contribution in [2.24, 2.45) is 0 Å². The minimum Gasteiger partial charge on any atom is -0.457 e. The Kier molecular flexibility index (Phi) is 6.59. The van der Waals surface area contributed by atoms with Crippen LogP contribution >= 0.6 is 0 Å². The van der Waals surface area contributed by atoms with Gasteiger partial charge in [0, 0.05) is 17.4 Å². The maximum absolute atomic E-state index is 12.4. The summed E-state index contributed by atoms with van der Waals surface area (Å²) in [6, 6.07) is 19.8. The van der Waals surface area contributed by atoms with Crippen LogP contribution in [0.15, 0.2) is 66.7 Å². The first-order chi connectivity index (χ1) is 16.7. The Morgan fingerprint density at radius 2 is 1.57 bits per heavy atom. The number of ether oxygens (including phenoxy) is 2. The third kappa shape index (κ3) is 6.08. The number of H-pyrrole nitrogens is 1. The molecule has 0 saturated carbocycles. The van der Waals surface area contributed by atoms with Crippen molar-refractivity contribution < 1.29 is 19.1 Å². The maximum atomic E-state index is 12.4. The molecule has 4 aromatic rings. The number of benzene rings is 3. The van der Waals surface area contributed by atoms with Gasteiger partial charge in [-0.05, 0) is 59.5 Å². The molecule has 4 rings (SSSR count). The molecule has 180 valence electrons. The zero-order valence-electron chi connectivity index (χ0n) is 19.9. The number of amides is 3. The van der Waals surface area contributed by atoms with E-state index >= 15 is 0 Å². The summed E-state index contributed by atoms with van der Waals surface area (Å²) in [5.74, 6) is 1.46. The predicted octanol–water partition coefficient (Wildman–Crippen LogP) is 6.48. The van der Waals surface area contributed by atoms with Gasteiger partial charge in [-0.15, -0.1) is 0 Å². The molecular weight excluding hydrogens is 446 g/mol. The molecule has 0 bridgehead atoms. The lowest BCUT2D eigenvalue weighted by Gasteiger charge is -2.20. The van der Waals surface area contributed by atoms with Gasteiger partial charge in [-0.25, -0.2) is 14.6 Å². The predicted molar refractivity (Wildman–Crippen MR) is 136 cm³/mol. The summed E-state index contributed by atoms with van der Waals surface area (Å²) in [7, 11) is 1.28. The standard InChI is InChI=1S/C26H27N5O4/c1-26(2,3)16-6-5-7-18(14-16)28-24(32)27-17-8-10-19(11-9-17)35-20-12-13-21-22(15-20)30-23(29-21)31-25(33)34-4/h5-15H,1-4H3,(H2,27,28,32)(H2,29,30,31,33). The van der Waals surface area contributed by atoms with Gasteiger partial charge in [-0.3, -0.25) is 5.32 Å². The number of aromatic nitrogens is 2. The lowest BCUT2D eigenvalue weighted by atomic mass is 9.87. The first-order valence-corrected chi connectivity index (χ1v) is 11.0. The van der Waals surface area contributed by atoms with Crippen LogP contribution in [0.2, 0.25) is 0 Å². The Morgan fingerprint density at radius 3 is 2.29 bits per heavy atom. The number of anilines is 3. The number of aromatic amines is 1. The van der Waals surface area contributed by atoms with E-state index in [4.69, 9.17) is 4.74 Å². The highest BCUT2D eigenvalue weighted by Crippen LogP contribution is 2.27.